The molecule has 0 aliphatic carbocycles. The van der Waals surface area contributed by atoms with Crippen molar-refractivity contribution in [1.82, 2.24) is 24.3 Å². The molecule has 92 valence electrons. The van der Waals surface area contributed by atoms with Crippen LogP contribution in [0.4, 0.5) is 8.78 Å². The molecule has 3 rings (SSSR count). The Kier molecular flexibility index (Phi) is 2.22. The highest BCUT2D eigenvalue weighted by atomic mass is 19.3. The number of aromatic nitrogens is 5. The predicted molar refractivity (Wildman–Crippen MR) is 58.7 cm³/mol. The van der Waals surface area contributed by atoms with Crippen molar-refractivity contribution >= 4 is 11.0 Å². The van der Waals surface area contributed by atoms with E-state index in [0.29, 0.717) is 21.4 Å². The number of alkyl halides is 2. The lowest BCUT2D eigenvalue weighted by atomic mass is 10.4. The van der Waals surface area contributed by atoms with Crippen molar-refractivity contribution in [2.45, 2.75) is 6.55 Å². The van der Waals surface area contributed by atoms with Gasteiger partial charge in [0.25, 0.3) is 5.56 Å². The van der Waals surface area contributed by atoms with Gasteiger partial charge in [-0.15, -0.1) is 0 Å². The van der Waals surface area contributed by atoms with Crippen LogP contribution >= 0.6 is 0 Å². The molecule has 0 saturated heterocycles. The van der Waals surface area contributed by atoms with Gasteiger partial charge in [-0.05, 0) is 6.07 Å². The Labute approximate surface area is 98.5 Å². The van der Waals surface area contributed by atoms with Crippen molar-refractivity contribution in [3.05, 3.63) is 41.3 Å². The van der Waals surface area contributed by atoms with Gasteiger partial charge in [-0.25, -0.2) is 9.67 Å². The normalized spacial score (nSPS) is 11.5. The maximum absolute atomic E-state index is 12.4. The van der Waals surface area contributed by atoms with Crippen LogP contribution in [0.25, 0.3) is 16.7 Å². The molecule has 0 aliphatic rings. The molecule has 0 unspecified atom stereocenters. The third-order valence-corrected chi connectivity index (χ3v) is 2.55. The maximum Gasteiger partial charge on any atom is 0.333 e. The summed E-state index contributed by atoms with van der Waals surface area (Å²) in [7, 11) is 0. The van der Waals surface area contributed by atoms with Gasteiger partial charge in [-0.2, -0.15) is 13.9 Å². The van der Waals surface area contributed by atoms with E-state index >= 15 is 0 Å². The first-order valence-corrected chi connectivity index (χ1v) is 5.04. The summed E-state index contributed by atoms with van der Waals surface area (Å²) >= 11 is 0. The van der Waals surface area contributed by atoms with Crippen LogP contribution in [0.5, 0.6) is 0 Å². The molecular formula is C10H7F2N5O. The topological polar surface area (TPSA) is 68.5 Å². The fourth-order valence-corrected chi connectivity index (χ4v) is 1.73. The molecule has 8 heteroatoms. The molecule has 1 N–H and O–H groups in total. The maximum atomic E-state index is 12.4. The highest BCUT2D eigenvalue weighted by Crippen LogP contribution is 2.17. The number of H-pyrrole nitrogens is 1. The molecule has 0 radical (unpaired) electrons. The molecule has 0 atom stereocenters. The van der Waals surface area contributed by atoms with E-state index in [1.165, 1.54) is 23.3 Å². The number of aromatic amines is 1. The van der Waals surface area contributed by atoms with E-state index in [-0.39, 0.29) is 5.56 Å². The van der Waals surface area contributed by atoms with Gasteiger partial charge in [0.1, 0.15) is 0 Å². The van der Waals surface area contributed by atoms with E-state index in [0.717, 1.165) is 0 Å². The first-order valence-electron chi connectivity index (χ1n) is 5.04. The number of rotatable bonds is 2. The zero-order valence-electron chi connectivity index (χ0n) is 8.92. The van der Waals surface area contributed by atoms with Crippen molar-refractivity contribution in [2.75, 3.05) is 0 Å². The molecule has 18 heavy (non-hydrogen) atoms. The van der Waals surface area contributed by atoms with Crippen LogP contribution in [0.3, 0.4) is 0 Å². The van der Waals surface area contributed by atoms with E-state index in [4.69, 9.17) is 0 Å². The molecular weight excluding hydrogens is 244 g/mol. The van der Waals surface area contributed by atoms with Gasteiger partial charge >= 0.3 is 6.55 Å². The molecule has 6 nitrogen and oxygen atoms in total. The summed E-state index contributed by atoms with van der Waals surface area (Å²) in [5, 5.41) is 3.92. The summed E-state index contributed by atoms with van der Waals surface area (Å²) in [4.78, 5) is 17.9. The van der Waals surface area contributed by atoms with Crippen molar-refractivity contribution in [3.8, 4) is 5.69 Å². The van der Waals surface area contributed by atoms with Crippen molar-refractivity contribution in [2.24, 2.45) is 0 Å². The van der Waals surface area contributed by atoms with Gasteiger partial charge in [0.05, 0.1) is 29.8 Å². The first-order chi connectivity index (χ1) is 8.66. The number of fused-ring (bicyclic) bond motifs is 1. The van der Waals surface area contributed by atoms with Crippen LogP contribution in [0.1, 0.15) is 6.55 Å². The van der Waals surface area contributed by atoms with Crippen LogP contribution in [-0.4, -0.2) is 24.3 Å². The lowest BCUT2D eigenvalue weighted by Gasteiger charge is -1.99. The summed E-state index contributed by atoms with van der Waals surface area (Å²) in [5.41, 5.74) is 0.538. The Hall–Kier alpha value is -2.51. The molecule has 0 saturated carbocycles. The minimum atomic E-state index is -2.70. The summed E-state index contributed by atoms with van der Waals surface area (Å²) < 4.78 is 26.9. The number of hydrogen-bond donors (Lipinski definition) is 1. The molecule has 0 fully saturated rings. The Morgan fingerprint density at radius 3 is 2.94 bits per heavy atom. The SMILES string of the molecule is O=c1[nH]cnc2c1ccn2-c1cnn(C(F)F)c1. The second-order valence-electron chi connectivity index (χ2n) is 3.61. The molecule has 0 amide bonds. The fraction of sp³-hybridized carbons (Fsp3) is 0.100. The van der Waals surface area contributed by atoms with Gasteiger partial charge in [-0.1, -0.05) is 0 Å². The largest absolute Gasteiger partial charge is 0.333 e. The predicted octanol–water partition coefficient (Wildman–Crippen LogP) is 1.31. The van der Waals surface area contributed by atoms with E-state index in [2.05, 4.69) is 15.1 Å². The van der Waals surface area contributed by atoms with Gasteiger partial charge in [0.2, 0.25) is 0 Å². The Balaban J connectivity index is 2.19. The Morgan fingerprint density at radius 1 is 1.39 bits per heavy atom. The monoisotopic (exact) mass is 251 g/mol. The van der Waals surface area contributed by atoms with Crippen LogP contribution < -0.4 is 5.56 Å². The van der Waals surface area contributed by atoms with Gasteiger partial charge in [0.15, 0.2) is 5.65 Å². The van der Waals surface area contributed by atoms with Gasteiger partial charge in [0, 0.05) is 6.20 Å². The molecule has 0 bridgehead atoms. The van der Waals surface area contributed by atoms with Gasteiger partial charge < -0.3 is 4.98 Å². The smallest absolute Gasteiger partial charge is 0.313 e. The lowest BCUT2D eigenvalue weighted by molar-refractivity contribution is 0.0566. The zero-order valence-corrected chi connectivity index (χ0v) is 8.92. The fourth-order valence-electron chi connectivity index (χ4n) is 1.73. The molecule has 0 aliphatic heterocycles. The summed E-state index contributed by atoms with van der Waals surface area (Å²) in [5.74, 6) is 0. The number of nitrogens with one attached hydrogen (secondary N) is 1. The molecule has 3 aromatic heterocycles. The lowest BCUT2D eigenvalue weighted by Crippen LogP contribution is -2.06. The molecule has 0 spiro atoms. The summed E-state index contributed by atoms with van der Waals surface area (Å²) in [6.45, 7) is -2.70. The molecule has 0 aromatic carbocycles. The van der Waals surface area contributed by atoms with E-state index < -0.39 is 6.55 Å². The first kappa shape index (κ1) is 10.6. The summed E-state index contributed by atoms with van der Waals surface area (Å²) in [6.07, 6.45) is 5.32. The van der Waals surface area contributed by atoms with Crippen molar-refractivity contribution in [1.29, 1.82) is 0 Å². The second-order valence-corrected chi connectivity index (χ2v) is 3.61. The third-order valence-electron chi connectivity index (χ3n) is 2.55. The van der Waals surface area contributed by atoms with Crippen LogP contribution in [0.2, 0.25) is 0 Å². The number of halogens is 2. The summed E-state index contributed by atoms with van der Waals surface area (Å²) in [6, 6.07) is 1.57. The van der Waals surface area contributed by atoms with Crippen LogP contribution in [-0.2, 0) is 0 Å². The molecule has 3 aromatic rings. The standard InChI is InChI=1S/C10H7F2N5O/c11-10(12)17-4-6(3-15-17)16-2-1-7-8(16)13-5-14-9(7)18/h1-5,10H,(H,13,14,18). The average Bonchev–Trinajstić information content (AvgIpc) is 2.94. The number of nitrogens with zero attached hydrogens (tertiary/aromatic N) is 4. The van der Waals surface area contributed by atoms with Crippen LogP contribution in [0, 0.1) is 0 Å². The van der Waals surface area contributed by atoms with Gasteiger partial charge in [-0.3, -0.25) is 9.36 Å². The van der Waals surface area contributed by atoms with E-state index in [1.807, 2.05) is 0 Å². The number of hydrogen-bond acceptors (Lipinski definition) is 3. The third kappa shape index (κ3) is 1.50. The zero-order chi connectivity index (χ0) is 12.7. The van der Waals surface area contributed by atoms with Crippen molar-refractivity contribution in [3.63, 3.8) is 0 Å². The minimum absolute atomic E-state index is 0.278. The highest BCUT2D eigenvalue weighted by Gasteiger charge is 2.11. The van der Waals surface area contributed by atoms with E-state index in [1.54, 1.807) is 12.3 Å². The highest BCUT2D eigenvalue weighted by molar-refractivity contribution is 5.76. The second kappa shape index (κ2) is 3.76. The Morgan fingerprint density at radius 2 is 2.22 bits per heavy atom. The quantitative estimate of drug-likeness (QED) is 0.746. The van der Waals surface area contributed by atoms with Crippen LogP contribution in [0.15, 0.2) is 35.8 Å². The Bertz CT molecular complexity index is 757. The average molecular weight is 251 g/mol. The minimum Gasteiger partial charge on any atom is -0.313 e. The molecule has 3 heterocycles. The van der Waals surface area contributed by atoms with E-state index in [9.17, 15) is 13.6 Å². The van der Waals surface area contributed by atoms with Crippen molar-refractivity contribution < 1.29 is 8.78 Å².